The first-order valence-corrected chi connectivity index (χ1v) is 3.59. The van der Waals surface area contributed by atoms with Crippen LogP contribution in [0.4, 0.5) is 0 Å². The highest BCUT2D eigenvalue weighted by Crippen LogP contribution is 2.49. The van der Waals surface area contributed by atoms with Crippen molar-refractivity contribution in [2.75, 3.05) is 0 Å². The van der Waals surface area contributed by atoms with Gasteiger partial charge in [-0.05, 0) is 11.8 Å². The Bertz CT molecular complexity index is 99.5. The zero-order valence-corrected chi connectivity index (χ0v) is 6.22. The predicted octanol–water partition coefficient (Wildman–Crippen LogP) is 1.51. The molecule has 0 aromatic heterocycles. The molecule has 0 saturated heterocycles. The molecule has 46 valence electrons. The van der Waals surface area contributed by atoms with Crippen LogP contribution >= 0.6 is 0 Å². The summed E-state index contributed by atoms with van der Waals surface area (Å²) < 4.78 is 0. The second-order valence-electron chi connectivity index (χ2n) is 3.65. The minimum absolute atomic E-state index is 0.324. The van der Waals surface area contributed by atoms with Crippen LogP contribution in [0.1, 0.15) is 26.7 Å². The van der Waals surface area contributed by atoms with Gasteiger partial charge in [0.25, 0.3) is 0 Å². The van der Waals surface area contributed by atoms with Crippen molar-refractivity contribution in [3.8, 4) is 0 Å². The van der Waals surface area contributed by atoms with Gasteiger partial charge in [0, 0.05) is 0 Å². The lowest BCUT2D eigenvalue weighted by atomic mass is 9.39. The average molecular weight is 118 g/mol. The highest BCUT2D eigenvalue weighted by atomic mass is 14.4. The molecule has 9 heavy (non-hydrogen) atoms. The van der Waals surface area contributed by atoms with Gasteiger partial charge in [0.05, 0.1) is 15.7 Å². The second kappa shape index (κ2) is 2.07. The summed E-state index contributed by atoms with van der Waals surface area (Å²) in [6.07, 6.45) is 2.01. The summed E-state index contributed by atoms with van der Waals surface area (Å²) in [7, 11) is 11.3. The summed E-state index contributed by atoms with van der Waals surface area (Å²) in [4.78, 5) is 0. The van der Waals surface area contributed by atoms with E-state index in [1.165, 1.54) is 0 Å². The Morgan fingerprint density at radius 3 is 1.89 bits per heavy atom. The van der Waals surface area contributed by atoms with E-state index in [0.29, 0.717) is 0 Å². The first kappa shape index (κ1) is 7.24. The molecule has 0 nitrogen and oxygen atoms in total. The molecule has 1 aliphatic carbocycles. The van der Waals surface area contributed by atoms with E-state index < -0.39 is 0 Å². The van der Waals surface area contributed by atoms with Gasteiger partial charge in [0.15, 0.2) is 0 Å². The minimum Gasteiger partial charge on any atom is -0.0984 e. The zero-order chi connectivity index (χ0) is 7.07. The molecule has 0 aliphatic heterocycles. The van der Waals surface area contributed by atoms with Crippen molar-refractivity contribution in [1.82, 2.24) is 0 Å². The molecule has 0 aromatic rings. The van der Waals surface area contributed by atoms with Gasteiger partial charge < -0.3 is 0 Å². The summed E-state index contributed by atoms with van der Waals surface area (Å²) in [5.74, 6) is 1.53. The maximum absolute atomic E-state index is 5.63. The van der Waals surface area contributed by atoms with Crippen LogP contribution in [-0.2, 0) is 0 Å². The standard InChI is InChI=1S/C7H12B2/c1-5(2)6-3-7(8,9)4-6/h5-6H,3-4H2,1-2H3. The van der Waals surface area contributed by atoms with E-state index in [-0.39, 0.29) is 5.21 Å². The Morgan fingerprint density at radius 1 is 1.33 bits per heavy atom. The van der Waals surface area contributed by atoms with Crippen molar-refractivity contribution in [2.24, 2.45) is 11.8 Å². The SMILES string of the molecule is [B]C1([B])CC(C(C)C)C1. The van der Waals surface area contributed by atoms with Gasteiger partial charge >= 0.3 is 0 Å². The van der Waals surface area contributed by atoms with Crippen LogP contribution in [0.15, 0.2) is 0 Å². The summed E-state index contributed by atoms with van der Waals surface area (Å²) >= 11 is 0. The van der Waals surface area contributed by atoms with Crippen LogP contribution < -0.4 is 0 Å². The summed E-state index contributed by atoms with van der Waals surface area (Å²) in [5, 5.41) is -0.324. The average Bonchev–Trinajstić information content (AvgIpc) is 1.59. The van der Waals surface area contributed by atoms with Gasteiger partial charge in [0.1, 0.15) is 0 Å². The van der Waals surface area contributed by atoms with Crippen LogP contribution in [0.5, 0.6) is 0 Å². The Morgan fingerprint density at radius 2 is 1.78 bits per heavy atom. The Balaban J connectivity index is 2.27. The molecule has 0 heterocycles. The van der Waals surface area contributed by atoms with Crippen molar-refractivity contribution in [1.29, 1.82) is 0 Å². The molecule has 1 saturated carbocycles. The number of rotatable bonds is 1. The molecule has 1 rings (SSSR count). The van der Waals surface area contributed by atoms with Gasteiger partial charge in [-0.15, -0.1) is 0 Å². The molecule has 4 radical (unpaired) electrons. The minimum atomic E-state index is -0.324. The van der Waals surface area contributed by atoms with E-state index in [4.69, 9.17) is 15.7 Å². The predicted molar refractivity (Wildman–Crippen MR) is 41.8 cm³/mol. The smallest absolute Gasteiger partial charge is 0.0620 e. The van der Waals surface area contributed by atoms with Crippen molar-refractivity contribution in [3.63, 3.8) is 0 Å². The van der Waals surface area contributed by atoms with E-state index in [0.717, 1.165) is 24.7 Å². The lowest BCUT2D eigenvalue weighted by Gasteiger charge is -2.46. The topological polar surface area (TPSA) is 0 Å². The molecule has 1 fully saturated rings. The van der Waals surface area contributed by atoms with Crippen molar-refractivity contribution in [3.05, 3.63) is 0 Å². The molecule has 0 unspecified atom stereocenters. The summed E-state index contributed by atoms with van der Waals surface area (Å²) in [6, 6.07) is 0. The van der Waals surface area contributed by atoms with Gasteiger partial charge in [-0.25, -0.2) is 0 Å². The Labute approximate surface area is 60.2 Å². The largest absolute Gasteiger partial charge is 0.0984 e. The zero-order valence-electron chi connectivity index (χ0n) is 6.22. The molecule has 0 atom stereocenters. The lowest BCUT2D eigenvalue weighted by Crippen LogP contribution is -2.34. The maximum atomic E-state index is 5.63. The van der Waals surface area contributed by atoms with E-state index >= 15 is 0 Å². The molecule has 0 aromatic carbocycles. The maximum Gasteiger partial charge on any atom is 0.0620 e. The number of hydrogen-bond acceptors (Lipinski definition) is 0. The van der Waals surface area contributed by atoms with Crippen LogP contribution in [0, 0.1) is 11.8 Å². The Kier molecular flexibility index (Phi) is 1.67. The molecule has 0 amide bonds. The summed E-state index contributed by atoms with van der Waals surface area (Å²) in [5.41, 5.74) is 0. The first-order chi connectivity index (χ1) is 4.01. The quantitative estimate of drug-likeness (QED) is 0.457. The molecule has 1 aliphatic rings. The van der Waals surface area contributed by atoms with Crippen LogP contribution in [0.3, 0.4) is 0 Å². The van der Waals surface area contributed by atoms with Crippen LogP contribution in [-0.4, -0.2) is 15.7 Å². The second-order valence-corrected chi connectivity index (χ2v) is 3.65. The van der Waals surface area contributed by atoms with Gasteiger partial charge in [-0.1, -0.05) is 31.9 Å². The van der Waals surface area contributed by atoms with Gasteiger partial charge in [-0.3, -0.25) is 0 Å². The van der Waals surface area contributed by atoms with E-state index in [2.05, 4.69) is 13.8 Å². The van der Waals surface area contributed by atoms with E-state index in [9.17, 15) is 0 Å². The van der Waals surface area contributed by atoms with E-state index in [1.807, 2.05) is 0 Å². The van der Waals surface area contributed by atoms with Crippen molar-refractivity contribution in [2.45, 2.75) is 31.9 Å². The number of hydrogen-bond donors (Lipinski definition) is 0. The fraction of sp³-hybridized carbons (Fsp3) is 1.00. The van der Waals surface area contributed by atoms with Crippen molar-refractivity contribution >= 4 is 15.7 Å². The van der Waals surface area contributed by atoms with Gasteiger partial charge in [0.2, 0.25) is 0 Å². The van der Waals surface area contributed by atoms with Crippen molar-refractivity contribution < 1.29 is 0 Å². The monoisotopic (exact) mass is 118 g/mol. The highest BCUT2D eigenvalue weighted by molar-refractivity contribution is 6.40. The third kappa shape index (κ3) is 1.53. The first-order valence-electron chi connectivity index (χ1n) is 3.59. The molecular weight excluding hydrogens is 106 g/mol. The molecular formula is C7H12B2. The van der Waals surface area contributed by atoms with Crippen LogP contribution in [0.2, 0.25) is 5.21 Å². The van der Waals surface area contributed by atoms with E-state index in [1.54, 1.807) is 0 Å². The lowest BCUT2D eigenvalue weighted by molar-refractivity contribution is 0.212. The molecule has 0 bridgehead atoms. The molecule has 0 N–H and O–H groups in total. The highest BCUT2D eigenvalue weighted by Gasteiger charge is 2.35. The third-order valence-electron chi connectivity index (χ3n) is 2.23. The summed E-state index contributed by atoms with van der Waals surface area (Å²) in [6.45, 7) is 4.44. The molecule has 2 heteroatoms. The normalized spacial score (nSPS) is 26.1. The fourth-order valence-electron chi connectivity index (χ4n) is 1.39. The Hall–Kier alpha value is 0.130. The fourth-order valence-corrected chi connectivity index (χ4v) is 1.39. The van der Waals surface area contributed by atoms with Crippen LogP contribution in [0.25, 0.3) is 0 Å². The molecule has 0 spiro atoms. The van der Waals surface area contributed by atoms with Gasteiger partial charge in [-0.2, -0.15) is 0 Å². The third-order valence-corrected chi connectivity index (χ3v) is 2.23.